The average Bonchev–Trinajstić information content (AvgIpc) is 3.33. The monoisotopic (exact) mass is 453 g/mol. The molecule has 0 radical (unpaired) electrons. The molecule has 33 heavy (non-hydrogen) atoms. The molecule has 2 aliphatic rings. The molecule has 7 heteroatoms. The van der Waals surface area contributed by atoms with Gasteiger partial charge in [-0.25, -0.2) is 0 Å². The Kier molecular flexibility index (Phi) is 7.81. The van der Waals surface area contributed by atoms with Gasteiger partial charge in [0.25, 0.3) is 5.91 Å². The number of ether oxygens (including phenoxy) is 1. The van der Waals surface area contributed by atoms with Crippen LogP contribution in [0.25, 0.3) is 0 Å². The third kappa shape index (κ3) is 5.82. The van der Waals surface area contributed by atoms with Gasteiger partial charge < -0.3 is 19.9 Å². The highest BCUT2D eigenvalue weighted by Crippen LogP contribution is 2.32. The Labute approximate surface area is 195 Å². The summed E-state index contributed by atoms with van der Waals surface area (Å²) in [6.45, 7) is 5.77. The third-order valence-electron chi connectivity index (χ3n) is 7.20. The smallest absolute Gasteiger partial charge is 0.257 e. The Balaban J connectivity index is 1.46. The highest BCUT2D eigenvalue weighted by atomic mass is 16.5. The van der Waals surface area contributed by atoms with Crippen molar-refractivity contribution in [2.24, 2.45) is 11.8 Å². The molecule has 1 aromatic heterocycles. The predicted octanol–water partition coefficient (Wildman–Crippen LogP) is 4.69. The van der Waals surface area contributed by atoms with E-state index in [0.29, 0.717) is 29.5 Å². The summed E-state index contributed by atoms with van der Waals surface area (Å²) in [5, 5.41) is 9.94. The van der Waals surface area contributed by atoms with Gasteiger partial charge in [0, 0.05) is 18.9 Å². The zero-order valence-corrected chi connectivity index (χ0v) is 19.6. The topological polar surface area (TPSA) is 93.5 Å². The van der Waals surface area contributed by atoms with E-state index < -0.39 is 6.04 Å². The van der Waals surface area contributed by atoms with Crippen molar-refractivity contribution in [1.82, 2.24) is 10.5 Å². The van der Waals surface area contributed by atoms with Crippen LogP contribution in [0.3, 0.4) is 0 Å². The molecule has 1 saturated heterocycles. The minimum Gasteiger partial charge on any atom is -0.381 e. The average molecular weight is 454 g/mol. The van der Waals surface area contributed by atoms with Gasteiger partial charge in [0.2, 0.25) is 5.91 Å². The van der Waals surface area contributed by atoms with Crippen molar-refractivity contribution < 1.29 is 18.8 Å². The summed E-state index contributed by atoms with van der Waals surface area (Å²) < 4.78 is 10.5. The van der Waals surface area contributed by atoms with Crippen molar-refractivity contribution in [3.05, 3.63) is 47.3 Å². The van der Waals surface area contributed by atoms with Crippen molar-refractivity contribution in [3.8, 4) is 0 Å². The zero-order valence-electron chi connectivity index (χ0n) is 19.6. The van der Waals surface area contributed by atoms with Crippen LogP contribution in [0.2, 0.25) is 0 Å². The molecule has 2 fully saturated rings. The van der Waals surface area contributed by atoms with E-state index in [9.17, 15) is 9.59 Å². The van der Waals surface area contributed by atoms with E-state index in [4.69, 9.17) is 9.26 Å². The minimum atomic E-state index is -0.597. The van der Waals surface area contributed by atoms with E-state index in [0.717, 1.165) is 57.4 Å². The summed E-state index contributed by atoms with van der Waals surface area (Å²) in [5.74, 6) is 0.800. The van der Waals surface area contributed by atoms with Gasteiger partial charge in [-0.15, -0.1) is 0 Å². The van der Waals surface area contributed by atoms with Crippen LogP contribution in [-0.4, -0.2) is 36.2 Å². The minimum absolute atomic E-state index is 0.108. The van der Waals surface area contributed by atoms with Gasteiger partial charge in [-0.3, -0.25) is 9.59 Å². The number of amides is 2. The molecule has 1 unspecified atom stereocenters. The number of benzene rings is 1. The van der Waals surface area contributed by atoms with Crippen LogP contribution in [0.1, 0.15) is 79.9 Å². The van der Waals surface area contributed by atoms with Crippen LogP contribution in [-0.2, 0) is 16.0 Å². The number of carbonyl (C=O) groups excluding carboxylic acids is 2. The normalized spacial score (nSPS) is 22.5. The van der Waals surface area contributed by atoms with Crippen LogP contribution in [0.15, 0.2) is 35.1 Å². The fraction of sp³-hybridized carbons (Fsp3) is 0.577. The molecule has 1 atom stereocenters. The van der Waals surface area contributed by atoms with Crippen molar-refractivity contribution in [3.63, 3.8) is 0 Å². The van der Waals surface area contributed by atoms with E-state index in [1.54, 1.807) is 0 Å². The molecule has 0 spiro atoms. The summed E-state index contributed by atoms with van der Waals surface area (Å²) in [6, 6.07) is 7.50. The number of aryl methyl sites for hydroxylation is 1. The maximum Gasteiger partial charge on any atom is 0.257 e. The Morgan fingerprint density at radius 2 is 1.76 bits per heavy atom. The maximum absolute atomic E-state index is 13.4. The largest absolute Gasteiger partial charge is 0.381 e. The standard InChI is InChI=1S/C26H35N3O4/c1-3-23-22(16-33-29-23)25(30)28-24(20-6-4-17(2)5-7-20)26(31)27-21-10-8-18(9-11-21)19-12-14-32-15-13-19/h8-11,16-17,19-20,24H,3-7,12-15H2,1-2H3,(H,27,31)(H,28,30). The molecular formula is C26H35N3O4. The Morgan fingerprint density at radius 1 is 1.06 bits per heavy atom. The second-order valence-electron chi connectivity index (χ2n) is 9.50. The number of rotatable bonds is 7. The van der Waals surface area contributed by atoms with Crippen molar-refractivity contribution in [2.75, 3.05) is 18.5 Å². The molecule has 2 N–H and O–H groups in total. The van der Waals surface area contributed by atoms with Crippen molar-refractivity contribution >= 4 is 17.5 Å². The van der Waals surface area contributed by atoms with E-state index in [1.807, 2.05) is 19.1 Å². The van der Waals surface area contributed by atoms with Gasteiger partial charge >= 0.3 is 0 Å². The molecule has 1 aromatic carbocycles. The second kappa shape index (κ2) is 11.0. The quantitative estimate of drug-likeness (QED) is 0.634. The lowest BCUT2D eigenvalue weighted by atomic mass is 9.79. The van der Waals surface area contributed by atoms with Crippen LogP contribution in [0.5, 0.6) is 0 Å². The number of nitrogens with one attached hydrogen (secondary N) is 2. The number of hydrogen-bond acceptors (Lipinski definition) is 5. The third-order valence-corrected chi connectivity index (χ3v) is 7.20. The molecule has 2 amide bonds. The summed E-state index contributed by atoms with van der Waals surface area (Å²) in [5.41, 5.74) is 3.04. The molecule has 4 rings (SSSR count). The van der Waals surface area contributed by atoms with E-state index >= 15 is 0 Å². The van der Waals surface area contributed by atoms with E-state index in [-0.39, 0.29) is 17.7 Å². The fourth-order valence-electron chi connectivity index (χ4n) is 5.02. The summed E-state index contributed by atoms with van der Waals surface area (Å²) in [6.07, 6.45) is 8.00. The molecule has 1 saturated carbocycles. The van der Waals surface area contributed by atoms with Crippen LogP contribution >= 0.6 is 0 Å². The summed E-state index contributed by atoms with van der Waals surface area (Å²) in [4.78, 5) is 26.3. The Bertz CT molecular complexity index is 925. The molecule has 0 bridgehead atoms. The lowest BCUT2D eigenvalue weighted by Gasteiger charge is -2.32. The van der Waals surface area contributed by atoms with Crippen LogP contribution in [0.4, 0.5) is 5.69 Å². The summed E-state index contributed by atoms with van der Waals surface area (Å²) >= 11 is 0. The van der Waals surface area contributed by atoms with E-state index in [1.165, 1.54) is 11.8 Å². The van der Waals surface area contributed by atoms with Gasteiger partial charge in [-0.1, -0.05) is 44.0 Å². The first-order valence-corrected chi connectivity index (χ1v) is 12.3. The van der Waals surface area contributed by atoms with E-state index in [2.05, 4.69) is 34.8 Å². The molecule has 2 heterocycles. The van der Waals surface area contributed by atoms with Crippen LogP contribution in [0, 0.1) is 11.8 Å². The lowest BCUT2D eigenvalue weighted by Crippen LogP contribution is -2.49. The Hall–Kier alpha value is -2.67. The first-order chi connectivity index (χ1) is 16.0. The Morgan fingerprint density at radius 3 is 2.42 bits per heavy atom. The number of nitrogens with zero attached hydrogens (tertiary/aromatic N) is 1. The second-order valence-corrected chi connectivity index (χ2v) is 9.50. The highest BCUT2D eigenvalue weighted by Gasteiger charge is 2.33. The number of carbonyl (C=O) groups is 2. The van der Waals surface area contributed by atoms with Crippen LogP contribution < -0.4 is 10.6 Å². The number of hydrogen-bond donors (Lipinski definition) is 2. The molecule has 1 aliphatic heterocycles. The lowest BCUT2D eigenvalue weighted by molar-refractivity contribution is -0.119. The zero-order chi connectivity index (χ0) is 23.2. The molecular weight excluding hydrogens is 418 g/mol. The number of anilines is 1. The van der Waals surface area contributed by atoms with Gasteiger partial charge in [-0.05, 0) is 67.6 Å². The predicted molar refractivity (Wildman–Crippen MR) is 126 cm³/mol. The van der Waals surface area contributed by atoms with Crippen molar-refractivity contribution in [1.29, 1.82) is 0 Å². The van der Waals surface area contributed by atoms with Crippen molar-refractivity contribution in [2.45, 2.75) is 70.8 Å². The maximum atomic E-state index is 13.4. The van der Waals surface area contributed by atoms with Gasteiger partial charge in [-0.2, -0.15) is 0 Å². The fourth-order valence-corrected chi connectivity index (χ4v) is 5.02. The first-order valence-electron chi connectivity index (χ1n) is 12.3. The van der Waals surface area contributed by atoms with Gasteiger partial charge in [0.15, 0.2) is 0 Å². The molecule has 7 nitrogen and oxygen atoms in total. The molecule has 178 valence electrons. The number of aromatic nitrogens is 1. The summed E-state index contributed by atoms with van der Waals surface area (Å²) in [7, 11) is 0. The first kappa shape index (κ1) is 23.5. The highest BCUT2D eigenvalue weighted by molar-refractivity contribution is 6.01. The van der Waals surface area contributed by atoms with Gasteiger partial charge in [0.1, 0.15) is 17.9 Å². The molecule has 1 aliphatic carbocycles. The molecule has 2 aromatic rings. The SMILES string of the molecule is CCc1nocc1C(=O)NC(C(=O)Nc1ccc(C2CCOCC2)cc1)C1CCC(C)CC1. The van der Waals surface area contributed by atoms with Gasteiger partial charge in [0.05, 0.1) is 5.69 Å².